The smallest absolute Gasteiger partial charge is 0.319 e. The predicted octanol–water partition coefficient (Wildman–Crippen LogP) is 1.59. The van der Waals surface area contributed by atoms with Crippen LogP contribution < -0.4 is 10.6 Å². The lowest BCUT2D eigenvalue weighted by Crippen LogP contribution is -2.34. The number of hydrogen-bond donors (Lipinski definition) is 3. The zero-order valence-corrected chi connectivity index (χ0v) is 9.00. The lowest BCUT2D eigenvalue weighted by molar-refractivity contribution is -0.140. The van der Waals surface area contributed by atoms with E-state index in [1.165, 1.54) is 18.3 Å². The highest BCUT2D eigenvalue weighted by Crippen LogP contribution is 2.11. The lowest BCUT2D eigenvalue weighted by atomic mass is 10.2. The summed E-state index contributed by atoms with van der Waals surface area (Å²) < 4.78 is 0. The topological polar surface area (TPSA) is 78.4 Å². The molecule has 0 radical (unpaired) electrons. The summed E-state index contributed by atoms with van der Waals surface area (Å²) in [6.45, 7) is 1.65. The Kier molecular flexibility index (Phi) is 4.11. The molecule has 0 saturated heterocycles. The van der Waals surface area contributed by atoms with Crippen LogP contribution in [0.3, 0.4) is 0 Å². The molecule has 1 atom stereocenters. The van der Waals surface area contributed by atoms with Crippen molar-refractivity contribution < 1.29 is 14.7 Å². The normalized spacial score (nSPS) is 11.8. The van der Waals surface area contributed by atoms with Gasteiger partial charge in [-0.15, -0.1) is 0 Å². The van der Waals surface area contributed by atoms with Crippen molar-refractivity contribution in [3.05, 3.63) is 16.8 Å². The highest BCUT2D eigenvalue weighted by molar-refractivity contribution is 7.08. The van der Waals surface area contributed by atoms with Gasteiger partial charge in [-0.3, -0.25) is 4.79 Å². The Labute approximate surface area is 91.1 Å². The summed E-state index contributed by atoms with van der Waals surface area (Å²) in [7, 11) is 0. The summed E-state index contributed by atoms with van der Waals surface area (Å²) in [5, 5.41) is 17.3. The lowest BCUT2D eigenvalue weighted by Gasteiger charge is -2.08. The van der Waals surface area contributed by atoms with E-state index in [2.05, 4.69) is 10.6 Å². The molecule has 5 nitrogen and oxygen atoms in total. The summed E-state index contributed by atoms with van der Waals surface area (Å²) in [4.78, 5) is 21.7. The van der Waals surface area contributed by atoms with E-state index in [0.29, 0.717) is 5.69 Å². The van der Waals surface area contributed by atoms with E-state index in [1.807, 2.05) is 5.38 Å². The average Bonchev–Trinajstić information content (AvgIpc) is 2.66. The van der Waals surface area contributed by atoms with Crippen LogP contribution in [0, 0.1) is 5.92 Å². The molecule has 15 heavy (non-hydrogen) atoms. The number of rotatable bonds is 4. The number of thiophene rings is 1. The molecule has 3 N–H and O–H groups in total. The molecule has 0 bridgehead atoms. The first-order chi connectivity index (χ1) is 7.09. The molecule has 0 saturated carbocycles. The van der Waals surface area contributed by atoms with Crippen LogP contribution in [0.15, 0.2) is 16.8 Å². The predicted molar refractivity (Wildman–Crippen MR) is 58.1 cm³/mol. The summed E-state index contributed by atoms with van der Waals surface area (Å²) in [6.07, 6.45) is 0. The molecule has 0 spiro atoms. The molecule has 1 unspecified atom stereocenters. The second kappa shape index (κ2) is 5.35. The van der Waals surface area contributed by atoms with Crippen LogP contribution >= 0.6 is 11.3 Å². The minimum atomic E-state index is -0.925. The number of aliphatic carboxylic acids is 1. The van der Waals surface area contributed by atoms with Crippen LogP contribution in [0.2, 0.25) is 0 Å². The molecule has 0 aliphatic heterocycles. The second-order valence-corrected chi connectivity index (χ2v) is 3.87. The number of carboxylic acid groups (broad SMARTS) is 1. The minimum absolute atomic E-state index is 0.116. The molecule has 1 aromatic rings. The van der Waals surface area contributed by atoms with Crippen molar-refractivity contribution in [1.29, 1.82) is 0 Å². The van der Waals surface area contributed by atoms with Crippen molar-refractivity contribution in [2.75, 3.05) is 11.9 Å². The van der Waals surface area contributed by atoms with Gasteiger partial charge in [0.2, 0.25) is 0 Å². The molecule has 1 aromatic heterocycles. The number of anilines is 1. The van der Waals surface area contributed by atoms with Crippen LogP contribution in [0.1, 0.15) is 6.92 Å². The molecule has 0 aromatic carbocycles. The van der Waals surface area contributed by atoms with Crippen LogP contribution in [0.5, 0.6) is 0 Å². The fourth-order valence-electron chi connectivity index (χ4n) is 0.844. The second-order valence-electron chi connectivity index (χ2n) is 3.09. The number of amides is 2. The van der Waals surface area contributed by atoms with Crippen molar-refractivity contribution in [3.63, 3.8) is 0 Å². The van der Waals surface area contributed by atoms with Crippen molar-refractivity contribution in [2.45, 2.75) is 6.92 Å². The third-order valence-electron chi connectivity index (χ3n) is 1.77. The SMILES string of the molecule is CC(CNC(=O)Nc1ccsc1)C(=O)O. The first kappa shape index (κ1) is 11.5. The molecule has 82 valence electrons. The number of hydrogen-bond acceptors (Lipinski definition) is 3. The van der Waals surface area contributed by atoms with Gasteiger partial charge in [0, 0.05) is 11.9 Å². The van der Waals surface area contributed by atoms with Gasteiger partial charge >= 0.3 is 12.0 Å². The summed E-state index contributed by atoms with van der Waals surface area (Å²) >= 11 is 1.47. The molecule has 0 fully saturated rings. The van der Waals surface area contributed by atoms with Crippen LogP contribution in [-0.2, 0) is 4.79 Å². The zero-order valence-electron chi connectivity index (χ0n) is 8.19. The van der Waals surface area contributed by atoms with Crippen LogP contribution in [0.4, 0.5) is 10.5 Å². The Balaban J connectivity index is 2.28. The van der Waals surface area contributed by atoms with Crippen LogP contribution in [0.25, 0.3) is 0 Å². The van der Waals surface area contributed by atoms with Gasteiger partial charge in [0.25, 0.3) is 0 Å². The molecule has 1 rings (SSSR count). The van der Waals surface area contributed by atoms with E-state index in [1.54, 1.807) is 11.4 Å². The van der Waals surface area contributed by atoms with Gasteiger partial charge in [-0.1, -0.05) is 6.92 Å². The Bertz CT molecular complexity index is 337. The summed E-state index contributed by atoms with van der Waals surface area (Å²) in [5.41, 5.74) is 0.709. The van der Waals surface area contributed by atoms with E-state index in [9.17, 15) is 9.59 Å². The summed E-state index contributed by atoms with van der Waals surface area (Å²) in [6, 6.07) is 1.38. The van der Waals surface area contributed by atoms with Gasteiger partial charge < -0.3 is 15.7 Å². The van der Waals surface area contributed by atoms with Gasteiger partial charge in [0.15, 0.2) is 0 Å². The van der Waals surface area contributed by atoms with E-state index >= 15 is 0 Å². The van der Waals surface area contributed by atoms with Crippen molar-refractivity contribution in [2.24, 2.45) is 5.92 Å². The Morgan fingerprint density at radius 2 is 2.33 bits per heavy atom. The molecule has 1 heterocycles. The molecular formula is C9H12N2O3S. The number of carbonyl (C=O) groups excluding carboxylic acids is 1. The number of carboxylic acids is 1. The molecule has 0 aliphatic carbocycles. The highest BCUT2D eigenvalue weighted by Gasteiger charge is 2.11. The Morgan fingerprint density at radius 3 is 2.87 bits per heavy atom. The van der Waals surface area contributed by atoms with Crippen LogP contribution in [-0.4, -0.2) is 23.7 Å². The molecular weight excluding hydrogens is 216 g/mol. The monoisotopic (exact) mass is 228 g/mol. The van der Waals surface area contributed by atoms with Crippen molar-refractivity contribution in [3.8, 4) is 0 Å². The fraction of sp³-hybridized carbons (Fsp3) is 0.333. The van der Waals surface area contributed by atoms with Crippen molar-refractivity contribution in [1.82, 2.24) is 5.32 Å². The average molecular weight is 228 g/mol. The van der Waals surface area contributed by atoms with E-state index in [-0.39, 0.29) is 12.6 Å². The maximum absolute atomic E-state index is 11.2. The van der Waals surface area contributed by atoms with Crippen molar-refractivity contribution >= 4 is 29.0 Å². The quantitative estimate of drug-likeness (QED) is 0.732. The van der Waals surface area contributed by atoms with E-state index in [4.69, 9.17) is 5.11 Å². The first-order valence-corrected chi connectivity index (χ1v) is 5.33. The highest BCUT2D eigenvalue weighted by atomic mass is 32.1. The fourth-order valence-corrected chi connectivity index (χ4v) is 1.43. The van der Waals surface area contributed by atoms with Gasteiger partial charge in [0.05, 0.1) is 11.6 Å². The number of nitrogens with one attached hydrogen (secondary N) is 2. The van der Waals surface area contributed by atoms with Gasteiger partial charge in [-0.2, -0.15) is 11.3 Å². The van der Waals surface area contributed by atoms with E-state index in [0.717, 1.165) is 0 Å². The minimum Gasteiger partial charge on any atom is -0.481 e. The van der Waals surface area contributed by atoms with Gasteiger partial charge in [0.1, 0.15) is 0 Å². The largest absolute Gasteiger partial charge is 0.481 e. The first-order valence-electron chi connectivity index (χ1n) is 4.39. The number of carbonyl (C=O) groups is 2. The summed E-state index contributed by atoms with van der Waals surface area (Å²) in [5.74, 6) is -1.51. The maximum Gasteiger partial charge on any atom is 0.319 e. The molecule has 6 heteroatoms. The maximum atomic E-state index is 11.2. The Hall–Kier alpha value is -1.56. The standard InChI is InChI=1S/C9H12N2O3S/c1-6(8(12)13)4-10-9(14)11-7-2-3-15-5-7/h2-3,5-6H,4H2,1H3,(H,12,13)(H2,10,11,14). The molecule has 0 aliphatic rings. The third-order valence-corrected chi connectivity index (χ3v) is 2.45. The van der Waals surface area contributed by atoms with E-state index < -0.39 is 11.9 Å². The third kappa shape index (κ3) is 3.99. The number of urea groups is 1. The zero-order chi connectivity index (χ0) is 11.3. The van der Waals surface area contributed by atoms with Gasteiger partial charge in [-0.05, 0) is 11.4 Å². The molecule has 2 amide bonds. The van der Waals surface area contributed by atoms with Gasteiger partial charge in [-0.25, -0.2) is 4.79 Å². The Morgan fingerprint density at radius 1 is 1.60 bits per heavy atom.